The van der Waals surface area contributed by atoms with Crippen molar-refractivity contribution in [2.45, 2.75) is 26.2 Å². The maximum Gasteiger partial charge on any atom is 0.354 e. The number of H-pyrrole nitrogens is 1. The normalized spacial score (nSPS) is 11.8. The van der Waals surface area contributed by atoms with Gasteiger partial charge in [0.15, 0.2) is 5.69 Å². The predicted molar refractivity (Wildman–Crippen MR) is 66.4 cm³/mol. The van der Waals surface area contributed by atoms with Crippen LogP contribution in [-0.4, -0.2) is 30.8 Å². The number of carboxylic acids is 1. The van der Waals surface area contributed by atoms with Crippen LogP contribution in [0, 0.1) is 0 Å². The summed E-state index contributed by atoms with van der Waals surface area (Å²) in [7, 11) is 1.78. The van der Waals surface area contributed by atoms with Crippen LogP contribution < -0.4 is 0 Å². The number of aromatic amines is 1. The van der Waals surface area contributed by atoms with Crippen LogP contribution in [-0.2, 0) is 12.5 Å². The molecule has 0 unspecified atom stereocenters. The number of carbonyl (C=O) groups is 1. The van der Waals surface area contributed by atoms with E-state index in [-0.39, 0.29) is 11.1 Å². The van der Waals surface area contributed by atoms with E-state index in [9.17, 15) is 9.90 Å². The van der Waals surface area contributed by atoms with E-state index in [0.29, 0.717) is 17.1 Å². The van der Waals surface area contributed by atoms with Crippen LogP contribution in [0.25, 0.3) is 11.3 Å². The first-order chi connectivity index (χ1) is 8.29. The lowest BCUT2D eigenvalue weighted by molar-refractivity contribution is 0.0692. The Balaban J connectivity index is 2.59. The average Bonchev–Trinajstić information content (AvgIpc) is 2.81. The number of hydrogen-bond acceptors (Lipinski definition) is 3. The monoisotopic (exact) mass is 248 g/mol. The molecule has 0 bridgehead atoms. The van der Waals surface area contributed by atoms with Crippen LogP contribution >= 0.6 is 0 Å². The molecule has 18 heavy (non-hydrogen) atoms. The van der Waals surface area contributed by atoms with Crippen LogP contribution in [0.4, 0.5) is 0 Å². The molecular formula is C12H16N4O2. The van der Waals surface area contributed by atoms with Crippen LogP contribution in [0.1, 0.15) is 37.1 Å². The van der Waals surface area contributed by atoms with Gasteiger partial charge in [0.2, 0.25) is 0 Å². The van der Waals surface area contributed by atoms with Crippen molar-refractivity contribution in [1.82, 2.24) is 19.7 Å². The highest BCUT2D eigenvalue weighted by molar-refractivity contribution is 5.92. The minimum absolute atomic E-state index is 0.105. The third-order valence-electron chi connectivity index (χ3n) is 2.61. The minimum Gasteiger partial charge on any atom is -0.477 e. The molecule has 0 aliphatic rings. The third kappa shape index (κ3) is 2.13. The molecule has 2 aromatic rings. The second-order valence-electron chi connectivity index (χ2n) is 5.27. The number of nitrogens with zero attached hydrogens (tertiary/aromatic N) is 3. The molecule has 2 rings (SSSR count). The van der Waals surface area contributed by atoms with Gasteiger partial charge >= 0.3 is 5.97 Å². The molecule has 2 heterocycles. The molecule has 0 amide bonds. The smallest absolute Gasteiger partial charge is 0.354 e. The number of nitrogens with one attached hydrogen (secondary N) is 1. The molecule has 0 fully saturated rings. The molecule has 0 radical (unpaired) electrons. The Kier molecular flexibility index (Phi) is 2.73. The second kappa shape index (κ2) is 3.97. The van der Waals surface area contributed by atoms with Gasteiger partial charge in [0.1, 0.15) is 11.5 Å². The van der Waals surface area contributed by atoms with Crippen LogP contribution in [0.5, 0.6) is 0 Å². The van der Waals surface area contributed by atoms with Crippen molar-refractivity contribution in [2.24, 2.45) is 7.05 Å². The van der Waals surface area contributed by atoms with Crippen molar-refractivity contribution in [2.75, 3.05) is 0 Å². The van der Waals surface area contributed by atoms with Gasteiger partial charge in [-0.3, -0.25) is 4.68 Å². The van der Waals surface area contributed by atoms with E-state index in [2.05, 4.69) is 15.1 Å². The number of hydrogen-bond donors (Lipinski definition) is 2. The van der Waals surface area contributed by atoms with Gasteiger partial charge in [-0.2, -0.15) is 5.10 Å². The van der Waals surface area contributed by atoms with Crippen LogP contribution in [0.15, 0.2) is 12.4 Å². The third-order valence-corrected chi connectivity index (χ3v) is 2.61. The first kappa shape index (κ1) is 12.3. The zero-order chi connectivity index (χ0) is 13.5. The first-order valence-corrected chi connectivity index (χ1v) is 5.62. The molecule has 0 saturated heterocycles. The number of rotatable bonds is 2. The molecule has 0 aliphatic heterocycles. The van der Waals surface area contributed by atoms with Gasteiger partial charge in [-0.15, -0.1) is 0 Å². The number of aromatic nitrogens is 4. The highest BCUT2D eigenvalue weighted by Gasteiger charge is 2.24. The predicted octanol–water partition coefficient (Wildman–Crippen LogP) is 1.81. The molecule has 2 aromatic heterocycles. The Hall–Kier alpha value is -2.11. The van der Waals surface area contributed by atoms with Crippen molar-refractivity contribution < 1.29 is 9.90 Å². The summed E-state index contributed by atoms with van der Waals surface area (Å²) in [5, 5.41) is 13.2. The van der Waals surface area contributed by atoms with Gasteiger partial charge in [0.25, 0.3) is 0 Å². The Morgan fingerprint density at radius 3 is 2.56 bits per heavy atom. The fraction of sp³-hybridized carbons (Fsp3) is 0.417. The van der Waals surface area contributed by atoms with Crippen molar-refractivity contribution >= 4 is 5.97 Å². The maximum absolute atomic E-state index is 11.2. The fourth-order valence-corrected chi connectivity index (χ4v) is 1.64. The van der Waals surface area contributed by atoms with Crippen molar-refractivity contribution in [3.8, 4) is 11.3 Å². The molecule has 96 valence electrons. The Bertz CT molecular complexity index is 589. The van der Waals surface area contributed by atoms with Crippen molar-refractivity contribution in [1.29, 1.82) is 0 Å². The highest BCUT2D eigenvalue weighted by Crippen LogP contribution is 2.26. The van der Waals surface area contributed by atoms with Gasteiger partial charge in [-0.25, -0.2) is 9.78 Å². The Morgan fingerprint density at radius 1 is 1.44 bits per heavy atom. The molecule has 6 heteroatoms. The molecule has 0 aliphatic carbocycles. The number of imidazole rings is 1. The maximum atomic E-state index is 11.2. The molecule has 0 saturated carbocycles. The van der Waals surface area contributed by atoms with Gasteiger partial charge in [0, 0.05) is 24.2 Å². The largest absolute Gasteiger partial charge is 0.477 e. The summed E-state index contributed by atoms with van der Waals surface area (Å²) in [6, 6.07) is 0. The molecular weight excluding hydrogens is 232 g/mol. The van der Waals surface area contributed by atoms with E-state index < -0.39 is 5.97 Å². The zero-order valence-electron chi connectivity index (χ0n) is 10.9. The molecule has 0 aromatic carbocycles. The van der Waals surface area contributed by atoms with E-state index >= 15 is 0 Å². The highest BCUT2D eigenvalue weighted by atomic mass is 16.4. The second-order valence-corrected chi connectivity index (χ2v) is 5.27. The summed E-state index contributed by atoms with van der Waals surface area (Å²) in [6.07, 6.45) is 3.35. The zero-order valence-corrected chi connectivity index (χ0v) is 10.9. The van der Waals surface area contributed by atoms with Crippen molar-refractivity contribution in [3.05, 3.63) is 23.9 Å². The fourth-order valence-electron chi connectivity index (χ4n) is 1.64. The van der Waals surface area contributed by atoms with Crippen LogP contribution in [0.3, 0.4) is 0 Å². The SMILES string of the molecule is Cn1cc(-c2nc(C(C)(C)C)[nH]c2C(=O)O)cn1. The number of aromatic carboxylic acids is 1. The summed E-state index contributed by atoms with van der Waals surface area (Å²) in [4.78, 5) is 18.5. The van der Waals surface area contributed by atoms with Gasteiger partial charge in [0.05, 0.1) is 6.20 Å². The standard InChI is InChI=1S/C12H16N4O2/c1-12(2,3)11-14-8(9(15-11)10(17)18)7-5-13-16(4)6-7/h5-6H,1-4H3,(H,14,15)(H,17,18). The van der Waals surface area contributed by atoms with E-state index in [0.717, 1.165) is 0 Å². The van der Waals surface area contributed by atoms with E-state index in [4.69, 9.17) is 0 Å². The molecule has 2 N–H and O–H groups in total. The first-order valence-electron chi connectivity index (χ1n) is 5.62. The lowest BCUT2D eigenvalue weighted by atomic mass is 9.96. The lowest BCUT2D eigenvalue weighted by Crippen LogP contribution is -2.13. The average molecular weight is 248 g/mol. The Morgan fingerprint density at radius 2 is 2.11 bits per heavy atom. The van der Waals surface area contributed by atoms with Crippen molar-refractivity contribution in [3.63, 3.8) is 0 Å². The van der Waals surface area contributed by atoms with Gasteiger partial charge < -0.3 is 10.1 Å². The molecule has 6 nitrogen and oxygen atoms in total. The summed E-state index contributed by atoms with van der Waals surface area (Å²) < 4.78 is 1.62. The minimum atomic E-state index is -1.02. The Labute approximate surface area is 105 Å². The summed E-state index contributed by atoms with van der Waals surface area (Å²) >= 11 is 0. The van der Waals surface area contributed by atoms with Crippen LogP contribution in [0.2, 0.25) is 0 Å². The van der Waals surface area contributed by atoms with Gasteiger partial charge in [-0.05, 0) is 0 Å². The molecule has 0 atom stereocenters. The van der Waals surface area contributed by atoms with Gasteiger partial charge in [-0.1, -0.05) is 20.8 Å². The topological polar surface area (TPSA) is 83.8 Å². The quantitative estimate of drug-likeness (QED) is 0.848. The summed E-state index contributed by atoms with van der Waals surface area (Å²) in [5.74, 6) is -0.365. The van der Waals surface area contributed by atoms with E-state index in [1.54, 1.807) is 24.1 Å². The number of aryl methyl sites for hydroxylation is 1. The molecule has 0 spiro atoms. The number of carboxylic acid groups (broad SMARTS) is 1. The van der Waals surface area contributed by atoms with E-state index in [1.165, 1.54) is 0 Å². The van der Waals surface area contributed by atoms with E-state index in [1.807, 2.05) is 20.8 Å². The summed E-state index contributed by atoms with van der Waals surface area (Å²) in [5.41, 5.74) is 1.00. The lowest BCUT2D eigenvalue weighted by Gasteiger charge is -2.13. The summed E-state index contributed by atoms with van der Waals surface area (Å²) in [6.45, 7) is 5.93.